The van der Waals surface area contributed by atoms with Crippen LogP contribution in [0, 0.1) is 0 Å². The zero-order chi connectivity index (χ0) is 13.8. The summed E-state index contributed by atoms with van der Waals surface area (Å²) in [4.78, 5) is 0. The summed E-state index contributed by atoms with van der Waals surface area (Å²) in [7, 11) is 0. The van der Waals surface area contributed by atoms with Crippen molar-refractivity contribution in [2.45, 2.75) is 32.9 Å². The van der Waals surface area contributed by atoms with Crippen LogP contribution in [0.4, 0.5) is 0 Å². The predicted molar refractivity (Wildman–Crippen MR) is 77.4 cm³/mol. The minimum Gasteiger partial charge on any atom is -0.454 e. The molecule has 0 bridgehead atoms. The number of ether oxygens (including phenoxy) is 1. The normalized spacial score (nSPS) is 12.4. The number of aliphatic hydroxyl groups excluding tert-OH is 1. The molecule has 0 fully saturated rings. The summed E-state index contributed by atoms with van der Waals surface area (Å²) < 4.78 is 8.55. The van der Waals surface area contributed by atoms with E-state index in [1.807, 2.05) is 29.1 Å². The van der Waals surface area contributed by atoms with Gasteiger partial charge in [-0.2, -0.15) is 5.10 Å². The number of halogens is 1. The largest absolute Gasteiger partial charge is 0.454 e. The topological polar surface area (TPSA) is 47.3 Å². The maximum Gasteiger partial charge on any atom is 0.165 e. The molecule has 0 spiro atoms. The van der Waals surface area contributed by atoms with Crippen LogP contribution >= 0.6 is 15.9 Å². The van der Waals surface area contributed by atoms with Crippen molar-refractivity contribution in [3.05, 3.63) is 40.6 Å². The first-order chi connectivity index (χ1) is 9.10. The Labute approximate surface area is 121 Å². The first-order valence-corrected chi connectivity index (χ1v) is 7.07. The molecule has 4 nitrogen and oxygen atoms in total. The highest BCUT2D eigenvalue weighted by Crippen LogP contribution is 2.31. The summed E-state index contributed by atoms with van der Waals surface area (Å²) >= 11 is 3.39. The lowest BCUT2D eigenvalue weighted by Gasteiger charge is -2.12. The van der Waals surface area contributed by atoms with Crippen LogP contribution in [-0.2, 0) is 6.54 Å². The number of aliphatic hydroxyl groups is 1. The van der Waals surface area contributed by atoms with Crippen molar-refractivity contribution in [3.8, 4) is 11.5 Å². The number of aryl methyl sites for hydroxylation is 1. The van der Waals surface area contributed by atoms with Crippen molar-refractivity contribution in [2.75, 3.05) is 0 Å². The molecule has 19 heavy (non-hydrogen) atoms. The summed E-state index contributed by atoms with van der Waals surface area (Å²) in [5.74, 6) is 1.33. The molecule has 0 saturated carbocycles. The van der Waals surface area contributed by atoms with Crippen molar-refractivity contribution in [2.24, 2.45) is 0 Å². The smallest absolute Gasteiger partial charge is 0.165 e. The van der Waals surface area contributed by atoms with Gasteiger partial charge >= 0.3 is 0 Å². The summed E-state index contributed by atoms with van der Waals surface area (Å²) in [6.07, 6.45) is 3.98. The highest BCUT2D eigenvalue weighted by Gasteiger charge is 2.11. The molecule has 1 heterocycles. The molecule has 102 valence electrons. The molecular weight excluding hydrogens is 308 g/mol. The van der Waals surface area contributed by atoms with Crippen LogP contribution in [0.15, 0.2) is 35.1 Å². The van der Waals surface area contributed by atoms with Crippen LogP contribution < -0.4 is 4.74 Å². The van der Waals surface area contributed by atoms with Gasteiger partial charge in [0, 0.05) is 16.6 Å². The molecule has 0 aliphatic carbocycles. The highest BCUT2D eigenvalue weighted by atomic mass is 79.9. The highest BCUT2D eigenvalue weighted by molar-refractivity contribution is 9.10. The Morgan fingerprint density at radius 2 is 2.26 bits per heavy atom. The molecule has 1 unspecified atom stereocenters. The SMILES string of the molecule is CCCn1cc(Oc2ccc(Br)cc2C(C)O)cn1. The zero-order valence-electron chi connectivity index (χ0n) is 11.0. The molecule has 0 saturated heterocycles. The lowest BCUT2D eigenvalue weighted by molar-refractivity contribution is 0.195. The van der Waals surface area contributed by atoms with Crippen molar-refractivity contribution in [1.29, 1.82) is 0 Å². The third kappa shape index (κ3) is 3.58. The van der Waals surface area contributed by atoms with E-state index >= 15 is 0 Å². The third-order valence-corrected chi connectivity index (χ3v) is 3.21. The molecule has 0 aliphatic rings. The van der Waals surface area contributed by atoms with Crippen molar-refractivity contribution in [1.82, 2.24) is 9.78 Å². The van der Waals surface area contributed by atoms with Crippen LogP contribution in [0.5, 0.6) is 11.5 Å². The Balaban J connectivity index is 2.22. The maximum atomic E-state index is 9.77. The molecule has 1 atom stereocenters. The van der Waals surface area contributed by atoms with Crippen molar-refractivity contribution in [3.63, 3.8) is 0 Å². The molecular formula is C14H17BrN2O2. The first-order valence-electron chi connectivity index (χ1n) is 6.28. The molecule has 1 N–H and O–H groups in total. The second-order valence-corrected chi connectivity index (χ2v) is 5.31. The van der Waals surface area contributed by atoms with E-state index in [1.54, 1.807) is 13.1 Å². The predicted octanol–water partition coefficient (Wildman–Crippen LogP) is 3.90. The van der Waals surface area contributed by atoms with Crippen LogP contribution in [-0.4, -0.2) is 14.9 Å². The first kappa shape index (κ1) is 14.1. The molecule has 1 aromatic carbocycles. The maximum absolute atomic E-state index is 9.77. The third-order valence-electron chi connectivity index (χ3n) is 2.71. The Bertz CT molecular complexity index is 552. The molecule has 0 radical (unpaired) electrons. The number of rotatable bonds is 5. The second kappa shape index (κ2) is 6.21. The minimum absolute atomic E-state index is 0.585. The Morgan fingerprint density at radius 3 is 2.95 bits per heavy atom. The van der Waals surface area contributed by atoms with E-state index in [9.17, 15) is 5.11 Å². The van der Waals surface area contributed by atoms with Gasteiger partial charge in [-0.15, -0.1) is 0 Å². The van der Waals surface area contributed by atoms with Gasteiger partial charge in [0.25, 0.3) is 0 Å². The fourth-order valence-electron chi connectivity index (χ4n) is 1.81. The van der Waals surface area contributed by atoms with E-state index in [0.717, 1.165) is 23.0 Å². The van der Waals surface area contributed by atoms with Crippen LogP contribution in [0.1, 0.15) is 31.9 Å². The molecule has 5 heteroatoms. The number of aromatic nitrogens is 2. The summed E-state index contributed by atoms with van der Waals surface area (Å²) in [5.41, 5.74) is 0.748. The van der Waals surface area contributed by atoms with Gasteiger partial charge in [-0.1, -0.05) is 22.9 Å². The molecule has 0 amide bonds. The molecule has 0 aliphatic heterocycles. The lowest BCUT2D eigenvalue weighted by atomic mass is 10.1. The standard InChI is InChI=1S/C14H17BrN2O2/c1-3-6-17-9-12(8-16-17)19-14-5-4-11(15)7-13(14)10(2)18/h4-5,7-10,18H,3,6H2,1-2H3. The summed E-state index contributed by atoms with van der Waals surface area (Å²) in [6, 6.07) is 5.58. The number of hydrogen-bond acceptors (Lipinski definition) is 3. The van der Waals surface area contributed by atoms with Crippen LogP contribution in [0.3, 0.4) is 0 Å². The lowest BCUT2D eigenvalue weighted by Crippen LogP contribution is -1.97. The fraction of sp³-hybridized carbons (Fsp3) is 0.357. The number of hydrogen-bond donors (Lipinski definition) is 1. The summed E-state index contributed by atoms with van der Waals surface area (Å²) in [5, 5.41) is 14.0. The van der Waals surface area contributed by atoms with Gasteiger partial charge in [0.15, 0.2) is 5.75 Å². The van der Waals surface area contributed by atoms with Crippen molar-refractivity contribution >= 4 is 15.9 Å². The number of benzene rings is 1. The Morgan fingerprint density at radius 1 is 1.47 bits per heavy atom. The monoisotopic (exact) mass is 324 g/mol. The quantitative estimate of drug-likeness (QED) is 0.907. The van der Waals surface area contributed by atoms with Gasteiger partial charge < -0.3 is 9.84 Å². The van der Waals surface area contributed by atoms with Gasteiger partial charge in [0.05, 0.1) is 18.5 Å². The van der Waals surface area contributed by atoms with E-state index in [2.05, 4.69) is 28.0 Å². The van der Waals surface area contributed by atoms with Gasteiger partial charge in [-0.25, -0.2) is 0 Å². The van der Waals surface area contributed by atoms with E-state index in [-0.39, 0.29) is 0 Å². The minimum atomic E-state index is -0.585. The van der Waals surface area contributed by atoms with Crippen LogP contribution in [0.25, 0.3) is 0 Å². The van der Waals surface area contributed by atoms with E-state index < -0.39 is 6.10 Å². The Kier molecular flexibility index (Phi) is 4.61. The fourth-order valence-corrected chi connectivity index (χ4v) is 2.19. The molecule has 1 aromatic heterocycles. The zero-order valence-corrected chi connectivity index (χ0v) is 12.6. The average Bonchev–Trinajstić information content (AvgIpc) is 2.79. The van der Waals surface area contributed by atoms with Crippen molar-refractivity contribution < 1.29 is 9.84 Å². The van der Waals surface area contributed by atoms with Gasteiger partial charge in [0.2, 0.25) is 0 Å². The van der Waals surface area contributed by atoms with E-state index in [4.69, 9.17) is 4.74 Å². The van der Waals surface area contributed by atoms with E-state index in [0.29, 0.717) is 11.5 Å². The second-order valence-electron chi connectivity index (χ2n) is 4.40. The molecule has 2 aromatic rings. The van der Waals surface area contributed by atoms with Gasteiger partial charge in [-0.05, 0) is 31.5 Å². The number of nitrogens with zero attached hydrogens (tertiary/aromatic N) is 2. The van der Waals surface area contributed by atoms with Gasteiger partial charge in [-0.3, -0.25) is 4.68 Å². The summed E-state index contributed by atoms with van der Waals surface area (Å²) in [6.45, 7) is 4.69. The Hall–Kier alpha value is -1.33. The van der Waals surface area contributed by atoms with E-state index in [1.165, 1.54) is 0 Å². The van der Waals surface area contributed by atoms with Crippen LogP contribution in [0.2, 0.25) is 0 Å². The van der Waals surface area contributed by atoms with Gasteiger partial charge in [0.1, 0.15) is 5.75 Å². The molecule has 2 rings (SSSR count). The average molecular weight is 325 g/mol.